The number of rotatable bonds is 3. The maximum absolute atomic E-state index is 4.14. The van der Waals surface area contributed by atoms with Crippen LogP contribution in [0.1, 0.15) is 31.9 Å². The number of nitrogens with zero attached hydrogens (tertiary/aromatic N) is 2. The molecule has 3 unspecified atom stereocenters. The molecule has 2 rings (SSSR count). The van der Waals surface area contributed by atoms with E-state index in [2.05, 4.69) is 34.3 Å². The standard InChI is InChI=1S/C11H19N3S/c1-8-3-4-10(12-2)5-9(8)6-11-7-15-14-13-11/h7-10,12H,3-6H2,1-2H3. The van der Waals surface area contributed by atoms with E-state index in [0.29, 0.717) is 6.04 Å². The molecule has 4 heteroatoms. The number of aromatic nitrogens is 2. The minimum atomic E-state index is 0.706. The van der Waals surface area contributed by atoms with Gasteiger partial charge in [-0.3, -0.25) is 0 Å². The lowest BCUT2D eigenvalue weighted by molar-refractivity contribution is 0.214. The molecule has 0 saturated heterocycles. The first-order valence-corrected chi connectivity index (χ1v) is 6.56. The smallest absolute Gasteiger partial charge is 0.0758 e. The fourth-order valence-electron chi connectivity index (χ4n) is 2.50. The summed E-state index contributed by atoms with van der Waals surface area (Å²) >= 11 is 1.46. The monoisotopic (exact) mass is 225 g/mol. The number of hydrogen-bond acceptors (Lipinski definition) is 4. The van der Waals surface area contributed by atoms with Crippen LogP contribution in [0.4, 0.5) is 0 Å². The van der Waals surface area contributed by atoms with Gasteiger partial charge in [-0.2, -0.15) is 0 Å². The Labute approximate surface area is 95.4 Å². The van der Waals surface area contributed by atoms with Gasteiger partial charge in [0, 0.05) is 11.4 Å². The molecule has 0 amide bonds. The largest absolute Gasteiger partial charge is 0.317 e. The SMILES string of the molecule is CNC1CCC(C)C(Cc2csnn2)C1. The molecule has 0 aromatic carbocycles. The average molecular weight is 225 g/mol. The van der Waals surface area contributed by atoms with Crippen molar-refractivity contribution in [3.63, 3.8) is 0 Å². The van der Waals surface area contributed by atoms with E-state index < -0.39 is 0 Å². The summed E-state index contributed by atoms with van der Waals surface area (Å²) < 4.78 is 3.93. The highest BCUT2D eigenvalue weighted by molar-refractivity contribution is 7.03. The maximum atomic E-state index is 4.14. The van der Waals surface area contributed by atoms with E-state index in [0.717, 1.165) is 18.3 Å². The van der Waals surface area contributed by atoms with E-state index in [-0.39, 0.29) is 0 Å². The van der Waals surface area contributed by atoms with Crippen molar-refractivity contribution in [3.05, 3.63) is 11.1 Å². The molecule has 15 heavy (non-hydrogen) atoms. The summed E-state index contributed by atoms with van der Waals surface area (Å²) in [5, 5.41) is 9.62. The molecule has 0 spiro atoms. The first-order valence-electron chi connectivity index (χ1n) is 5.72. The molecule has 0 aliphatic heterocycles. The van der Waals surface area contributed by atoms with Crippen molar-refractivity contribution in [2.75, 3.05) is 7.05 Å². The summed E-state index contributed by atoms with van der Waals surface area (Å²) in [6.07, 6.45) is 5.06. The molecule has 84 valence electrons. The van der Waals surface area contributed by atoms with E-state index in [4.69, 9.17) is 0 Å². The molecule has 3 nitrogen and oxygen atoms in total. The Morgan fingerprint density at radius 1 is 1.53 bits per heavy atom. The van der Waals surface area contributed by atoms with Gasteiger partial charge in [0.25, 0.3) is 0 Å². The van der Waals surface area contributed by atoms with Gasteiger partial charge in [-0.25, -0.2) is 0 Å². The van der Waals surface area contributed by atoms with Gasteiger partial charge in [-0.15, -0.1) is 5.10 Å². The normalized spacial score (nSPS) is 31.7. The molecule has 1 saturated carbocycles. The zero-order valence-corrected chi connectivity index (χ0v) is 10.3. The van der Waals surface area contributed by atoms with Gasteiger partial charge in [0.1, 0.15) is 0 Å². The summed E-state index contributed by atoms with van der Waals surface area (Å²) in [4.78, 5) is 0. The van der Waals surface area contributed by atoms with Gasteiger partial charge in [-0.05, 0) is 56.1 Å². The van der Waals surface area contributed by atoms with Crippen molar-refractivity contribution in [1.82, 2.24) is 14.9 Å². The summed E-state index contributed by atoms with van der Waals surface area (Å²) in [5.74, 6) is 1.61. The molecular formula is C11H19N3S. The van der Waals surface area contributed by atoms with Crippen LogP contribution in [-0.2, 0) is 6.42 Å². The summed E-state index contributed by atoms with van der Waals surface area (Å²) in [6.45, 7) is 2.37. The first kappa shape index (κ1) is 11.0. The molecule has 1 aromatic rings. The predicted octanol–water partition coefficient (Wildman–Crippen LogP) is 2.10. The maximum Gasteiger partial charge on any atom is 0.0758 e. The predicted molar refractivity (Wildman–Crippen MR) is 63.0 cm³/mol. The van der Waals surface area contributed by atoms with Gasteiger partial charge in [0.2, 0.25) is 0 Å². The third-order valence-corrected chi connectivity index (χ3v) is 4.20. The van der Waals surface area contributed by atoms with Crippen LogP contribution >= 0.6 is 11.5 Å². The van der Waals surface area contributed by atoms with Crippen LogP contribution in [0.3, 0.4) is 0 Å². The van der Waals surface area contributed by atoms with Crippen LogP contribution in [0.5, 0.6) is 0 Å². The van der Waals surface area contributed by atoms with Gasteiger partial charge in [0.15, 0.2) is 0 Å². The average Bonchev–Trinajstić information content (AvgIpc) is 2.74. The van der Waals surface area contributed by atoms with Gasteiger partial charge < -0.3 is 5.32 Å². The Kier molecular flexibility index (Phi) is 3.70. The zero-order valence-electron chi connectivity index (χ0n) is 9.44. The van der Waals surface area contributed by atoms with Crippen LogP contribution in [0.15, 0.2) is 5.38 Å². The van der Waals surface area contributed by atoms with E-state index in [1.54, 1.807) is 0 Å². The third kappa shape index (κ3) is 2.75. The van der Waals surface area contributed by atoms with Crippen LogP contribution in [0.25, 0.3) is 0 Å². The molecular weight excluding hydrogens is 206 g/mol. The van der Waals surface area contributed by atoms with Gasteiger partial charge >= 0.3 is 0 Å². The summed E-state index contributed by atoms with van der Waals surface area (Å²) in [6, 6.07) is 0.706. The second-order valence-electron chi connectivity index (χ2n) is 4.64. The molecule has 1 N–H and O–H groups in total. The van der Waals surface area contributed by atoms with E-state index in [1.807, 2.05) is 0 Å². The van der Waals surface area contributed by atoms with Crippen molar-refractivity contribution in [2.24, 2.45) is 11.8 Å². The minimum Gasteiger partial charge on any atom is -0.317 e. The van der Waals surface area contributed by atoms with Crippen LogP contribution in [-0.4, -0.2) is 22.7 Å². The van der Waals surface area contributed by atoms with Crippen molar-refractivity contribution >= 4 is 11.5 Å². The highest BCUT2D eigenvalue weighted by atomic mass is 32.1. The molecule has 0 radical (unpaired) electrons. The Balaban J connectivity index is 1.94. The van der Waals surface area contributed by atoms with Crippen molar-refractivity contribution in [1.29, 1.82) is 0 Å². The van der Waals surface area contributed by atoms with Crippen LogP contribution in [0.2, 0.25) is 0 Å². The fraction of sp³-hybridized carbons (Fsp3) is 0.818. The summed E-state index contributed by atoms with van der Waals surface area (Å²) in [7, 11) is 2.07. The third-order valence-electron chi connectivity index (χ3n) is 3.65. The Bertz CT molecular complexity index is 286. The lowest BCUT2D eigenvalue weighted by Gasteiger charge is -2.33. The van der Waals surface area contributed by atoms with E-state index in [9.17, 15) is 0 Å². The molecule has 1 heterocycles. The highest BCUT2D eigenvalue weighted by Crippen LogP contribution is 2.32. The van der Waals surface area contributed by atoms with Crippen LogP contribution in [0, 0.1) is 11.8 Å². The van der Waals surface area contributed by atoms with Gasteiger partial charge in [0.05, 0.1) is 5.69 Å². The summed E-state index contributed by atoms with van der Waals surface area (Å²) in [5.41, 5.74) is 1.17. The Morgan fingerprint density at radius 3 is 3.07 bits per heavy atom. The molecule has 1 aliphatic rings. The minimum absolute atomic E-state index is 0.706. The second-order valence-corrected chi connectivity index (χ2v) is 5.25. The molecule has 3 atom stereocenters. The van der Waals surface area contributed by atoms with Crippen molar-refractivity contribution in [3.8, 4) is 0 Å². The molecule has 0 bridgehead atoms. The fourth-order valence-corrected chi connectivity index (χ4v) is 2.97. The quantitative estimate of drug-likeness (QED) is 0.856. The van der Waals surface area contributed by atoms with Crippen LogP contribution < -0.4 is 5.32 Å². The number of nitrogens with one attached hydrogen (secondary N) is 1. The second kappa shape index (κ2) is 5.03. The molecule has 1 aromatic heterocycles. The number of hydrogen-bond donors (Lipinski definition) is 1. The topological polar surface area (TPSA) is 37.8 Å². The Morgan fingerprint density at radius 2 is 2.40 bits per heavy atom. The first-order chi connectivity index (χ1) is 7.29. The zero-order chi connectivity index (χ0) is 10.7. The van der Waals surface area contributed by atoms with E-state index in [1.165, 1.54) is 36.5 Å². The lowest BCUT2D eigenvalue weighted by atomic mass is 9.76. The Hall–Kier alpha value is -0.480. The lowest BCUT2D eigenvalue weighted by Crippen LogP contribution is -2.35. The van der Waals surface area contributed by atoms with Crippen molar-refractivity contribution in [2.45, 2.75) is 38.6 Å². The van der Waals surface area contributed by atoms with Gasteiger partial charge in [-0.1, -0.05) is 11.4 Å². The molecule has 1 aliphatic carbocycles. The van der Waals surface area contributed by atoms with E-state index >= 15 is 0 Å². The highest BCUT2D eigenvalue weighted by Gasteiger charge is 2.27. The van der Waals surface area contributed by atoms with Crippen molar-refractivity contribution < 1.29 is 0 Å². The molecule has 1 fully saturated rings.